The van der Waals surface area contributed by atoms with Crippen molar-refractivity contribution >= 4 is 97.9 Å². The summed E-state index contributed by atoms with van der Waals surface area (Å²) in [6.45, 7) is 3.64. The van der Waals surface area contributed by atoms with Crippen molar-refractivity contribution in [2.75, 3.05) is 49.8 Å². The van der Waals surface area contributed by atoms with Gasteiger partial charge in [-0.1, -0.05) is 47.9 Å². The number of carbonyl (C=O) groups excluding carboxylic acids is 2. The van der Waals surface area contributed by atoms with Crippen LogP contribution >= 0.6 is 22.7 Å². The van der Waals surface area contributed by atoms with Gasteiger partial charge in [0, 0.05) is 82.9 Å². The first-order chi connectivity index (χ1) is 25.1. The molecule has 23 heteroatoms. The molecule has 6 rings (SSSR count). The molecule has 0 saturated heterocycles. The number of thiazole rings is 2. The van der Waals surface area contributed by atoms with Crippen LogP contribution in [-0.4, -0.2) is 94.8 Å². The quantitative estimate of drug-likeness (QED) is 0.296. The van der Waals surface area contributed by atoms with E-state index in [1.807, 2.05) is 13.8 Å². The predicted molar refractivity (Wildman–Crippen MR) is 208 cm³/mol. The second-order valence-corrected chi connectivity index (χ2v) is 20.5. The summed E-state index contributed by atoms with van der Waals surface area (Å²) in [4.78, 5) is 34.3. The van der Waals surface area contributed by atoms with E-state index in [9.17, 15) is 45.1 Å². The number of hydrogen-bond donors (Lipinski definition) is 2. The van der Waals surface area contributed by atoms with E-state index in [0.29, 0.717) is 18.9 Å². The van der Waals surface area contributed by atoms with Gasteiger partial charge in [0.05, 0.1) is 9.79 Å². The topological polar surface area (TPSA) is 239 Å². The number of benzene rings is 2. The molecule has 2 aromatic heterocycles. The van der Waals surface area contributed by atoms with Gasteiger partial charge in [-0.3, -0.25) is 37.3 Å². The molecule has 2 aliphatic heterocycles. The van der Waals surface area contributed by atoms with Crippen molar-refractivity contribution in [1.82, 2.24) is 18.6 Å². The summed E-state index contributed by atoms with van der Waals surface area (Å²) in [5, 5.41) is 30.6. The summed E-state index contributed by atoms with van der Waals surface area (Å²) in [6.07, 6.45) is 9.70. The molecule has 0 spiro atoms. The number of aromatic nitrogens is 2. The van der Waals surface area contributed by atoms with Crippen LogP contribution in [0, 0.1) is 13.8 Å². The van der Waals surface area contributed by atoms with Gasteiger partial charge in [-0.05, 0) is 37.1 Å². The summed E-state index contributed by atoms with van der Waals surface area (Å²) in [5.74, 6) is -2.87. The Balaban J connectivity index is 0.000000314. The third-order valence-corrected chi connectivity index (χ3v) is 12.0. The summed E-state index contributed by atoms with van der Waals surface area (Å²) < 4.78 is 70.5. The molecule has 2 N–H and O–H groups in total. The predicted octanol–water partition coefficient (Wildman–Crippen LogP) is 1.49. The SMILES string of the molecule is CS(C)=O.CS(C)=O.Cc1cnc(NC(=O)C2=C([O-])c3ccccc3S(=O)(=O)N2C)s1.Cc1cnc(NC(=O)C2=C([O-])c3ccccc3S(=O)(=O)N2C)s1.[Co+2]. The maximum Gasteiger partial charge on any atom is 2.00 e. The van der Waals surface area contributed by atoms with E-state index in [-0.39, 0.29) is 37.7 Å². The van der Waals surface area contributed by atoms with Gasteiger partial charge in [-0.25, -0.2) is 26.8 Å². The molecular formula is C32H36CoN6O10S6. The van der Waals surface area contributed by atoms with Gasteiger partial charge in [0.2, 0.25) is 0 Å². The monoisotopic (exact) mass is 915 g/mol. The van der Waals surface area contributed by atoms with Crippen LogP contribution in [0.2, 0.25) is 0 Å². The molecule has 16 nitrogen and oxygen atoms in total. The van der Waals surface area contributed by atoms with Crippen molar-refractivity contribution in [3.8, 4) is 0 Å². The van der Waals surface area contributed by atoms with E-state index in [0.717, 1.165) is 9.75 Å². The molecule has 0 aliphatic carbocycles. The third-order valence-electron chi connectivity index (χ3n) is 6.71. The molecule has 0 atom stereocenters. The second-order valence-electron chi connectivity index (χ2n) is 11.2. The number of hydrogen-bond acceptors (Lipinski definition) is 14. The van der Waals surface area contributed by atoms with Crippen LogP contribution in [-0.2, 0) is 68.0 Å². The van der Waals surface area contributed by atoms with Crippen LogP contribution in [0.5, 0.6) is 0 Å². The Bertz CT molecular complexity index is 2220. The first-order valence-electron chi connectivity index (χ1n) is 15.1. The Morgan fingerprint density at radius 2 is 0.945 bits per heavy atom. The normalized spacial score (nSPS) is 14.8. The molecule has 2 aromatic carbocycles. The standard InChI is InChI=1S/2C14H13N3O4S2.2C2H6OS.Co/c2*1-8-7-15-14(22-8)16-13(19)11-12(18)9-5-3-4-6-10(9)23(20,21)17(11)2;2*1-4(2)3;/h2*3-7,18H,1-2H3,(H,15,16,19);2*1-2H3;/q;;;;+2/p-2. The minimum absolute atomic E-state index is 0. The number of anilines is 2. The third kappa shape index (κ3) is 11.5. The smallest absolute Gasteiger partial charge is 0.870 e. The van der Waals surface area contributed by atoms with Gasteiger partial charge in [-0.2, -0.15) is 0 Å². The first kappa shape index (κ1) is 47.2. The minimum atomic E-state index is -3.94. The molecule has 0 fully saturated rings. The van der Waals surface area contributed by atoms with Crippen LogP contribution in [0.25, 0.3) is 11.5 Å². The maximum atomic E-state index is 12.5. The number of aryl methyl sites for hydroxylation is 2. The number of nitrogens with one attached hydrogen (secondary N) is 2. The molecule has 299 valence electrons. The number of carbonyl (C=O) groups is 2. The van der Waals surface area contributed by atoms with Crippen molar-refractivity contribution in [2.24, 2.45) is 0 Å². The van der Waals surface area contributed by atoms with Gasteiger partial charge in [0.1, 0.15) is 11.4 Å². The van der Waals surface area contributed by atoms with Gasteiger partial charge < -0.3 is 10.2 Å². The van der Waals surface area contributed by atoms with E-state index in [4.69, 9.17) is 0 Å². The molecule has 4 aromatic rings. The van der Waals surface area contributed by atoms with Crippen LogP contribution < -0.4 is 20.8 Å². The molecule has 0 unspecified atom stereocenters. The average molecular weight is 916 g/mol. The summed E-state index contributed by atoms with van der Waals surface area (Å²) in [7, 11) is -6.73. The Kier molecular flexibility index (Phi) is 16.9. The van der Waals surface area contributed by atoms with Crippen molar-refractivity contribution in [1.29, 1.82) is 0 Å². The molecule has 2 aliphatic rings. The second kappa shape index (κ2) is 19.8. The zero-order valence-corrected chi connectivity index (χ0v) is 36.4. The molecule has 1 radical (unpaired) electrons. The molecule has 55 heavy (non-hydrogen) atoms. The minimum Gasteiger partial charge on any atom is -0.870 e. The van der Waals surface area contributed by atoms with Gasteiger partial charge in [-0.15, -0.1) is 22.7 Å². The number of amides is 2. The fourth-order valence-electron chi connectivity index (χ4n) is 4.46. The van der Waals surface area contributed by atoms with Crippen LogP contribution in [0.15, 0.2) is 82.1 Å². The Morgan fingerprint density at radius 1 is 0.655 bits per heavy atom. The summed E-state index contributed by atoms with van der Waals surface area (Å²) in [5.41, 5.74) is -0.912. The van der Waals surface area contributed by atoms with Gasteiger partial charge in [0.25, 0.3) is 31.9 Å². The Hall–Kier alpha value is -3.97. The van der Waals surface area contributed by atoms with Crippen LogP contribution in [0.1, 0.15) is 20.9 Å². The maximum absolute atomic E-state index is 12.5. The fraction of sp³-hybridized carbons (Fsp3) is 0.250. The van der Waals surface area contributed by atoms with E-state index in [1.165, 1.54) is 73.2 Å². The number of sulfonamides is 2. The van der Waals surface area contributed by atoms with Crippen LogP contribution in [0.3, 0.4) is 0 Å². The Morgan fingerprint density at radius 3 is 1.22 bits per heavy atom. The number of fused-ring (bicyclic) bond motifs is 2. The van der Waals surface area contributed by atoms with Crippen molar-refractivity contribution in [3.05, 3.63) is 93.2 Å². The first-order valence-corrected chi connectivity index (χ1v) is 23.5. The van der Waals surface area contributed by atoms with Crippen LogP contribution in [0.4, 0.5) is 10.3 Å². The number of nitrogens with zero attached hydrogens (tertiary/aromatic N) is 4. The van der Waals surface area contributed by atoms with Gasteiger partial charge in [0.15, 0.2) is 10.3 Å². The average Bonchev–Trinajstić information content (AvgIpc) is 3.69. The summed E-state index contributed by atoms with van der Waals surface area (Å²) >= 11 is 2.46. The summed E-state index contributed by atoms with van der Waals surface area (Å²) in [6, 6.07) is 11.6. The molecular weight excluding hydrogens is 880 g/mol. The fourth-order valence-corrected chi connectivity index (χ4v) is 8.56. The van der Waals surface area contributed by atoms with Crippen molar-refractivity contribution in [2.45, 2.75) is 23.6 Å². The molecule has 0 saturated carbocycles. The number of rotatable bonds is 4. The zero-order valence-electron chi connectivity index (χ0n) is 30.4. The van der Waals surface area contributed by atoms with Crippen molar-refractivity contribution < 1.29 is 61.8 Å². The van der Waals surface area contributed by atoms with E-state index >= 15 is 0 Å². The zero-order chi connectivity index (χ0) is 40.7. The molecule has 0 bridgehead atoms. The molecule has 4 heterocycles. The largest absolute Gasteiger partial charge is 2.00 e. The van der Waals surface area contributed by atoms with E-state index < -0.39 is 76.4 Å². The van der Waals surface area contributed by atoms with Gasteiger partial charge >= 0.3 is 16.8 Å². The van der Waals surface area contributed by atoms with E-state index in [1.54, 1.807) is 49.5 Å². The van der Waals surface area contributed by atoms with E-state index in [2.05, 4.69) is 20.6 Å². The molecule has 2 amide bonds. The van der Waals surface area contributed by atoms with Crippen molar-refractivity contribution in [3.63, 3.8) is 0 Å². The Labute approximate surface area is 342 Å². The number of likely N-dealkylation sites (N-methyl/N-ethyl adjacent to an activating group) is 2.